The van der Waals surface area contributed by atoms with Gasteiger partial charge in [0.1, 0.15) is 10.6 Å². The lowest BCUT2D eigenvalue weighted by molar-refractivity contribution is -0.385. The van der Waals surface area contributed by atoms with E-state index in [4.69, 9.17) is 5.41 Å². The van der Waals surface area contributed by atoms with Gasteiger partial charge in [0.05, 0.1) is 21.6 Å². The molecule has 31 heavy (non-hydrogen) atoms. The number of carbonyl (C=O) groups is 2. The molecule has 2 N–H and O–H groups in total. The molecule has 0 spiro atoms. The second-order valence-electron chi connectivity index (χ2n) is 6.84. The van der Waals surface area contributed by atoms with Crippen LogP contribution >= 0.6 is 11.8 Å². The number of ketones is 2. The fourth-order valence-electron chi connectivity index (χ4n) is 3.66. The summed E-state index contributed by atoms with van der Waals surface area (Å²) < 4.78 is 0. The summed E-state index contributed by atoms with van der Waals surface area (Å²) in [5, 5.41) is 19.8. The van der Waals surface area contributed by atoms with Crippen LogP contribution in [0.15, 0.2) is 65.8 Å². The van der Waals surface area contributed by atoms with Gasteiger partial charge in [-0.3, -0.25) is 25.1 Å². The summed E-state index contributed by atoms with van der Waals surface area (Å²) in [5.41, 5.74) is 2.07. The lowest BCUT2D eigenvalue weighted by Crippen LogP contribution is -2.21. The number of aromatic amines is 1. The Morgan fingerprint density at radius 3 is 2.35 bits per heavy atom. The van der Waals surface area contributed by atoms with Crippen molar-refractivity contribution in [1.82, 2.24) is 9.97 Å². The highest BCUT2D eigenvalue weighted by molar-refractivity contribution is 8.14. The van der Waals surface area contributed by atoms with E-state index in [1.807, 2.05) is 0 Å². The standard InChI is InChI=1S/C22H12N4O4S/c23-21(13-7-3-4-8-16(13)26(29)30)31-22-24-15-10-9-14-17(18(15)25-22)20(28)12-6-2-1-5-11(12)19(14)27/h1-10,23H,(H,24,25). The predicted molar refractivity (Wildman–Crippen MR) is 115 cm³/mol. The molecule has 8 nitrogen and oxygen atoms in total. The summed E-state index contributed by atoms with van der Waals surface area (Å²) in [7, 11) is 0. The number of nitrogens with one attached hydrogen (secondary N) is 2. The molecule has 150 valence electrons. The van der Waals surface area contributed by atoms with E-state index in [1.165, 1.54) is 18.2 Å². The molecular formula is C22H12N4O4S. The molecule has 1 aliphatic carbocycles. The van der Waals surface area contributed by atoms with E-state index in [-0.39, 0.29) is 39.0 Å². The summed E-state index contributed by atoms with van der Waals surface area (Å²) in [6.07, 6.45) is 0. The predicted octanol–water partition coefficient (Wildman–Crippen LogP) is 4.36. The van der Waals surface area contributed by atoms with E-state index in [0.29, 0.717) is 27.3 Å². The number of imidazole rings is 1. The first-order valence-electron chi connectivity index (χ1n) is 9.17. The number of hydrogen-bond acceptors (Lipinski definition) is 7. The highest BCUT2D eigenvalue weighted by Gasteiger charge is 2.32. The maximum Gasteiger partial charge on any atom is 0.279 e. The van der Waals surface area contributed by atoms with Gasteiger partial charge in [-0.25, -0.2) is 4.98 Å². The van der Waals surface area contributed by atoms with Gasteiger partial charge < -0.3 is 4.98 Å². The minimum absolute atomic E-state index is 0.0621. The maximum atomic E-state index is 13.1. The van der Waals surface area contributed by atoms with Gasteiger partial charge in [-0.05, 0) is 30.0 Å². The molecule has 9 heteroatoms. The fourth-order valence-corrected chi connectivity index (χ4v) is 4.43. The average Bonchev–Trinajstić information content (AvgIpc) is 3.19. The molecule has 1 heterocycles. The SMILES string of the molecule is N=C(Sc1nc2c3c(ccc2[nH]1)C(=O)c1ccccc1C3=O)c1ccccc1[N+](=O)[O-]. The number of nitrogens with zero attached hydrogens (tertiary/aromatic N) is 2. The smallest absolute Gasteiger partial charge is 0.279 e. The fraction of sp³-hybridized carbons (Fsp3) is 0. The van der Waals surface area contributed by atoms with Gasteiger partial charge in [0.2, 0.25) is 0 Å². The molecular weight excluding hydrogens is 416 g/mol. The molecule has 3 aromatic carbocycles. The third-order valence-electron chi connectivity index (χ3n) is 5.06. The zero-order valence-corrected chi connectivity index (χ0v) is 16.5. The summed E-state index contributed by atoms with van der Waals surface area (Å²) in [5.74, 6) is -0.524. The molecule has 0 radical (unpaired) electrons. The van der Waals surface area contributed by atoms with E-state index in [9.17, 15) is 19.7 Å². The van der Waals surface area contributed by atoms with Crippen molar-refractivity contribution in [3.8, 4) is 0 Å². The molecule has 5 rings (SSSR count). The second-order valence-corrected chi connectivity index (χ2v) is 7.83. The Hall–Kier alpha value is -4.11. The van der Waals surface area contributed by atoms with Crippen molar-refractivity contribution in [3.63, 3.8) is 0 Å². The first-order valence-corrected chi connectivity index (χ1v) is 9.98. The van der Waals surface area contributed by atoms with Gasteiger partial charge in [-0.2, -0.15) is 0 Å². The van der Waals surface area contributed by atoms with Gasteiger partial charge in [0, 0.05) is 22.8 Å². The van der Waals surface area contributed by atoms with Crippen molar-refractivity contribution in [2.24, 2.45) is 0 Å². The number of para-hydroxylation sites is 1. The highest BCUT2D eigenvalue weighted by Crippen LogP contribution is 2.34. The molecule has 1 aromatic heterocycles. The van der Waals surface area contributed by atoms with Crippen LogP contribution in [0.3, 0.4) is 0 Å². The van der Waals surface area contributed by atoms with Crippen LogP contribution in [0.5, 0.6) is 0 Å². The number of carbonyl (C=O) groups excluding carboxylic acids is 2. The van der Waals surface area contributed by atoms with E-state index >= 15 is 0 Å². The number of hydrogen-bond donors (Lipinski definition) is 2. The Morgan fingerprint density at radius 1 is 0.935 bits per heavy atom. The van der Waals surface area contributed by atoms with E-state index in [2.05, 4.69) is 9.97 Å². The van der Waals surface area contributed by atoms with Crippen molar-refractivity contribution in [1.29, 1.82) is 5.41 Å². The second kappa shape index (κ2) is 6.99. The van der Waals surface area contributed by atoms with Gasteiger partial charge in [-0.1, -0.05) is 36.4 Å². The monoisotopic (exact) mass is 428 g/mol. The summed E-state index contributed by atoms with van der Waals surface area (Å²) in [4.78, 5) is 44.2. The molecule has 0 atom stereocenters. The van der Waals surface area contributed by atoms with Crippen LogP contribution in [-0.2, 0) is 0 Å². The van der Waals surface area contributed by atoms with Crippen LogP contribution in [0.4, 0.5) is 5.69 Å². The zero-order valence-electron chi connectivity index (χ0n) is 15.7. The Kier molecular flexibility index (Phi) is 4.26. The van der Waals surface area contributed by atoms with Crippen LogP contribution in [0.1, 0.15) is 37.4 Å². The van der Waals surface area contributed by atoms with Gasteiger partial charge in [-0.15, -0.1) is 0 Å². The average molecular weight is 428 g/mol. The minimum atomic E-state index is -0.541. The van der Waals surface area contributed by atoms with Crippen molar-refractivity contribution in [3.05, 3.63) is 98.6 Å². The molecule has 1 aliphatic rings. The van der Waals surface area contributed by atoms with Crippen molar-refractivity contribution in [2.45, 2.75) is 5.16 Å². The lowest BCUT2D eigenvalue weighted by atomic mass is 9.83. The van der Waals surface area contributed by atoms with Gasteiger partial charge in [0.25, 0.3) is 5.69 Å². The first kappa shape index (κ1) is 18.9. The molecule has 0 saturated heterocycles. The quantitative estimate of drug-likeness (QED) is 0.144. The van der Waals surface area contributed by atoms with Crippen molar-refractivity contribution >= 4 is 45.1 Å². The van der Waals surface area contributed by atoms with E-state index in [0.717, 1.165) is 11.8 Å². The van der Waals surface area contributed by atoms with Gasteiger partial charge in [0.15, 0.2) is 16.7 Å². The van der Waals surface area contributed by atoms with Crippen LogP contribution < -0.4 is 0 Å². The molecule has 4 aromatic rings. The number of thioether (sulfide) groups is 1. The number of H-pyrrole nitrogens is 1. The number of fused-ring (bicyclic) bond motifs is 4. The first-order chi connectivity index (χ1) is 15.0. The Labute approximate surface area is 179 Å². The summed E-state index contributed by atoms with van der Waals surface area (Å²) >= 11 is 0.908. The number of aromatic nitrogens is 2. The van der Waals surface area contributed by atoms with Crippen molar-refractivity contribution in [2.75, 3.05) is 0 Å². The van der Waals surface area contributed by atoms with Crippen LogP contribution in [0.25, 0.3) is 11.0 Å². The Morgan fingerprint density at radius 2 is 1.61 bits per heavy atom. The van der Waals surface area contributed by atoms with Crippen LogP contribution in [-0.4, -0.2) is 31.5 Å². The molecule has 0 unspecified atom stereocenters. The third-order valence-corrected chi connectivity index (χ3v) is 5.88. The molecule has 0 saturated carbocycles. The van der Waals surface area contributed by atoms with Gasteiger partial charge >= 0.3 is 0 Å². The summed E-state index contributed by atoms with van der Waals surface area (Å²) in [6.45, 7) is 0. The molecule has 0 amide bonds. The third kappa shape index (κ3) is 2.94. The molecule has 0 bridgehead atoms. The van der Waals surface area contributed by atoms with Crippen molar-refractivity contribution < 1.29 is 14.5 Å². The topological polar surface area (TPSA) is 130 Å². The van der Waals surface area contributed by atoms with E-state index < -0.39 is 4.92 Å². The number of benzene rings is 3. The zero-order chi connectivity index (χ0) is 21.7. The number of nitro benzene ring substituents is 1. The normalized spacial score (nSPS) is 12.5. The molecule has 0 aliphatic heterocycles. The Bertz CT molecular complexity index is 1460. The Balaban J connectivity index is 1.57. The van der Waals surface area contributed by atoms with Crippen LogP contribution in [0, 0.1) is 15.5 Å². The molecule has 0 fully saturated rings. The summed E-state index contributed by atoms with van der Waals surface area (Å²) in [6, 6.07) is 15.9. The number of nitro groups is 1. The highest BCUT2D eigenvalue weighted by atomic mass is 32.2. The van der Waals surface area contributed by atoms with Crippen LogP contribution in [0.2, 0.25) is 0 Å². The number of rotatable bonds is 3. The minimum Gasteiger partial charge on any atom is -0.333 e. The lowest BCUT2D eigenvalue weighted by Gasteiger charge is -2.17. The maximum absolute atomic E-state index is 13.1. The van der Waals surface area contributed by atoms with E-state index in [1.54, 1.807) is 42.5 Å². The largest absolute Gasteiger partial charge is 0.333 e.